The lowest BCUT2D eigenvalue weighted by molar-refractivity contribution is -0.0545. The van der Waals surface area contributed by atoms with Crippen LogP contribution in [0.25, 0.3) is 0 Å². The Kier molecular flexibility index (Phi) is 9.13. The minimum atomic E-state index is -3.76. The van der Waals surface area contributed by atoms with E-state index in [9.17, 15) is 35.6 Å². The molecule has 0 amide bonds. The van der Waals surface area contributed by atoms with Gasteiger partial charge in [0.25, 0.3) is 0 Å². The number of hydrogen-bond acceptors (Lipinski definition) is 7. The molecule has 0 bridgehead atoms. The van der Waals surface area contributed by atoms with E-state index in [2.05, 4.69) is 9.47 Å². The van der Waals surface area contributed by atoms with Crippen LogP contribution in [0.15, 0.2) is 47.4 Å². The normalized spacial score (nSPS) is 18.6. The van der Waals surface area contributed by atoms with Crippen molar-refractivity contribution in [2.45, 2.75) is 38.4 Å². The van der Waals surface area contributed by atoms with Gasteiger partial charge in [0, 0.05) is 19.2 Å². The summed E-state index contributed by atoms with van der Waals surface area (Å²) in [7, 11) is -3.76. The molecule has 0 radical (unpaired) electrons. The number of Topliss-reactive ketones (excluding diaryl/α,β-unsaturated/α-hetero) is 1. The van der Waals surface area contributed by atoms with E-state index in [4.69, 9.17) is 4.74 Å². The number of halogens is 4. The zero-order chi connectivity index (χ0) is 27.3. The average Bonchev–Trinajstić information content (AvgIpc) is 2.81. The van der Waals surface area contributed by atoms with E-state index in [0.717, 1.165) is 18.6 Å². The number of carbonyl (C=O) groups is 2. The summed E-state index contributed by atoms with van der Waals surface area (Å²) in [5.74, 6) is -2.73. The smallest absolute Gasteiger partial charge is 0.387 e. The van der Waals surface area contributed by atoms with E-state index in [-0.39, 0.29) is 22.3 Å². The van der Waals surface area contributed by atoms with Gasteiger partial charge in [-0.3, -0.25) is 4.79 Å². The van der Waals surface area contributed by atoms with Crippen molar-refractivity contribution >= 4 is 21.8 Å². The third-order valence-corrected chi connectivity index (χ3v) is 7.44. The highest BCUT2D eigenvalue weighted by Crippen LogP contribution is 2.29. The molecule has 1 fully saturated rings. The monoisotopic (exact) mass is 547 g/mol. The number of esters is 1. The highest BCUT2D eigenvalue weighted by molar-refractivity contribution is 7.89. The topological polar surface area (TPSA) is 99.2 Å². The van der Waals surface area contributed by atoms with E-state index in [1.54, 1.807) is 0 Å². The predicted molar refractivity (Wildman–Crippen MR) is 122 cm³/mol. The molecule has 2 aromatic carbocycles. The Balaban J connectivity index is 1.67. The molecule has 37 heavy (non-hydrogen) atoms. The van der Waals surface area contributed by atoms with Gasteiger partial charge in [-0.25, -0.2) is 13.2 Å². The molecule has 2 aromatic rings. The van der Waals surface area contributed by atoms with E-state index < -0.39 is 58.7 Å². The van der Waals surface area contributed by atoms with Gasteiger partial charge >= 0.3 is 19.2 Å². The summed E-state index contributed by atoms with van der Waals surface area (Å²) in [5.41, 5.74) is -0.488. The molecule has 1 saturated heterocycles. The molecule has 0 saturated carbocycles. The summed E-state index contributed by atoms with van der Waals surface area (Å²) >= 11 is 0. The zero-order valence-corrected chi connectivity index (χ0v) is 20.7. The maximum Gasteiger partial charge on any atom is 0.387 e. The molecule has 1 heterocycles. The molecular formula is C24H25F4NO7S. The summed E-state index contributed by atoms with van der Waals surface area (Å²) in [4.78, 5) is 24.8. The first-order valence-corrected chi connectivity index (χ1v) is 12.6. The van der Waals surface area contributed by atoms with Crippen molar-refractivity contribution in [3.63, 3.8) is 0 Å². The summed E-state index contributed by atoms with van der Waals surface area (Å²) < 4.78 is 90.8. The first-order chi connectivity index (χ1) is 17.4. The van der Waals surface area contributed by atoms with Crippen LogP contribution in [0.2, 0.25) is 0 Å². The third-order valence-electron chi connectivity index (χ3n) is 5.59. The number of hydrogen-bond donors (Lipinski definition) is 0. The second kappa shape index (κ2) is 11.9. The van der Waals surface area contributed by atoms with Crippen LogP contribution in [0, 0.1) is 11.8 Å². The number of sulfonamides is 1. The summed E-state index contributed by atoms with van der Waals surface area (Å²) in [6, 6.07) is 7.55. The summed E-state index contributed by atoms with van der Waals surface area (Å²) in [6.45, 7) is -2.72. The fourth-order valence-corrected chi connectivity index (χ4v) is 5.79. The Morgan fingerprint density at radius 2 is 1.54 bits per heavy atom. The minimum absolute atomic E-state index is 0.00122. The molecule has 0 aliphatic carbocycles. The lowest BCUT2D eigenvalue weighted by atomic mass is 9.94. The molecule has 1 aliphatic rings. The molecule has 1 aliphatic heterocycles. The standard InChI is InChI=1S/C24H25F4NO7S/c1-14-9-15(2)12-29(11-14)37(32,33)18-6-3-16(4-7-18)22(31)34-13-20(30)19-8-5-17(35-23(25)26)10-21(19)36-24(27)28/h3-8,10,14-15,23-24H,9,11-13H2,1-2H3/t14-,15-/m1/s1. The first-order valence-electron chi connectivity index (χ1n) is 11.2. The minimum Gasteiger partial charge on any atom is -0.454 e. The fraction of sp³-hybridized carbons (Fsp3) is 0.417. The van der Waals surface area contributed by atoms with Crippen molar-refractivity contribution in [1.82, 2.24) is 4.31 Å². The van der Waals surface area contributed by atoms with Crippen LogP contribution in [0.5, 0.6) is 11.5 Å². The maximum absolute atomic E-state index is 13.0. The van der Waals surface area contributed by atoms with Crippen molar-refractivity contribution in [3.05, 3.63) is 53.6 Å². The van der Waals surface area contributed by atoms with E-state index in [0.29, 0.717) is 19.2 Å². The fourth-order valence-electron chi connectivity index (χ4n) is 4.11. The van der Waals surface area contributed by atoms with E-state index in [1.807, 2.05) is 13.8 Å². The molecule has 202 valence electrons. The van der Waals surface area contributed by atoms with Gasteiger partial charge in [-0.1, -0.05) is 13.8 Å². The second-order valence-corrected chi connectivity index (χ2v) is 10.6. The molecule has 0 spiro atoms. The van der Waals surface area contributed by atoms with Crippen LogP contribution >= 0.6 is 0 Å². The van der Waals surface area contributed by atoms with Gasteiger partial charge in [0.1, 0.15) is 11.5 Å². The van der Waals surface area contributed by atoms with Gasteiger partial charge < -0.3 is 14.2 Å². The lowest BCUT2D eigenvalue weighted by Crippen LogP contribution is -2.42. The highest BCUT2D eigenvalue weighted by atomic mass is 32.2. The molecule has 3 rings (SSSR count). The number of benzene rings is 2. The summed E-state index contributed by atoms with van der Waals surface area (Å²) in [6.07, 6.45) is 0.929. The van der Waals surface area contributed by atoms with Gasteiger partial charge in [0.05, 0.1) is 16.0 Å². The molecule has 13 heteroatoms. The SMILES string of the molecule is C[C@@H]1C[C@@H](C)CN(S(=O)(=O)c2ccc(C(=O)OCC(=O)c3ccc(OC(F)F)cc3OC(F)F)cc2)C1. The number of carbonyl (C=O) groups excluding carboxylic acids is 2. The number of alkyl halides is 4. The van der Waals surface area contributed by atoms with Gasteiger partial charge in [-0.05, 0) is 54.7 Å². The van der Waals surface area contributed by atoms with E-state index in [1.165, 1.54) is 28.6 Å². The molecule has 2 atom stereocenters. The quantitative estimate of drug-likeness (QED) is 0.244. The molecule has 0 aromatic heterocycles. The third kappa shape index (κ3) is 7.41. The number of nitrogens with zero attached hydrogens (tertiary/aromatic N) is 1. The second-order valence-electron chi connectivity index (χ2n) is 8.71. The van der Waals surface area contributed by atoms with Crippen molar-refractivity contribution < 1.29 is 49.8 Å². The van der Waals surface area contributed by atoms with Crippen molar-refractivity contribution in [2.75, 3.05) is 19.7 Å². The maximum atomic E-state index is 13.0. The van der Waals surface area contributed by atoms with Crippen LogP contribution in [0.3, 0.4) is 0 Å². The predicted octanol–water partition coefficient (Wildman–Crippen LogP) is 4.60. The number of ether oxygens (including phenoxy) is 3. The Labute approximate surface area is 211 Å². The van der Waals surface area contributed by atoms with Crippen LogP contribution in [-0.2, 0) is 14.8 Å². The number of ketones is 1. The highest BCUT2D eigenvalue weighted by Gasteiger charge is 2.31. The van der Waals surface area contributed by atoms with Crippen LogP contribution in [0.4, 0.5) is 17.6 Å². The Morgan fingerprint density at radius 1 is 0.946 bits per heavy atom. The van der Waals surface area contributed by atoms with Gasteiger partial charge in [-0.2, -0.15) is 21.9 Å². The van der Waals surface area contributed by atoms with Crippen LogP contribution in [-0.4, -0.2) is 57.4 Å². The Bertz CT molecular complexity index is 1210. The Morgan fingerprint density at radius 3 is 2.11 bits per heavy atom. The van der Waals surface area contributed by atoms with Gasteiger partial charge in [0.15, 0.2) is 6.61 Å². The summed E-state index contributed by atoms with van der Waals surface area (Å²) in [5, 5.41) is 0. The van der Waals surface area contributed by atoms with Gasteiger partial charge in [0.2, 0.25) is 15.8 Å². The number of piperidine rings is 1. The van der Waals surface area contributed by atoms with Crippen molar-refractivity contribution in [1.29, 1.82) is 0 Å². The lowest BCUT2D eigenvalue weighted by Gasteiger charge is -2.34. The van der Waals surface area contributed by atoms with Crippen LogP contribution < -0.4 is 9.47 Å². The largest absolute Gasteiger partial charge is 0.454 e. The molecular weight excluding hydrogens is 522 g/mol. The van der Waals surface area contributed by atoms with Gasteiger partial charge in [-0.15, -0.1) is 0 Å². The van der Waals surface area contributed by atoms with E-state index >= 15 is 0 Å². The van der Waals surface area contributed by atoms with Crippen molar-refractivity contribution in [3.8, 4) is 11.5 Å². The van der Waals surface area contributed by atoms with Crippen LogP contribution in [0.1, 0.15) is 41.0 Å². The molecule has 0 N–H and O–H groups in total. The Hall–Kier alpha value is -3.19. The average molecular weight is 548 g/mol. The molecule has 0 unspecified atom stereocenters. The number of rotatable bonds is 10. The first kappa shape index (κ1) is 28.4. The molecule has 8 nitrogen and oxygen atoms in total. The van der Waals surface area contributed by atoms with Crippen molar-refractivity contribution in [2.24, 2.45) is 11.8 Å². The zero-order valence-electron chi connectivity index (χ0n) is 19.9.